The van der Waals surface area contributed by atoms with Crippen molar-refractivity contribution >= 4 is 23.5 Å². The summed E-state index contributed by atoms with van der Waals surface area (Å²) >= 11 is 5.97. The molecule has 0 heterocycles. The van der Waals surface area contributed by atoms with Crippen LogP contribution in [-0.4, -0.2) is 32.2 Å². The number of methoxy groups -OCH3 is 1. The molecule has 0 unspecified atom stereocenters. The van der Waals surface area contributed by atoms with Gasteiger partial charge in [-0.15, -0.1) is 0 Å². The number of esters is 1. The molecule has 1 N–H and O–H groups in total. The third-order valence-corrected chi connectivity index (χ3v) is 4.27. The summed E-state index contributed by atoms with van der Waals surface area (Å²) in [7, 11) is 1.50. The van der Waals surface area contributed by atoms with Crippen molar-refractivity contribution in [3.05, 3.63) is 58.6 Å². The SMILES string of the molecule is COc1cc(C(=O)OCC(=O)N[C@@H](C)c2cccc(Cl)c2)ccc1OCC(C)C. The average Bonchev–Trinajstić information content (AvgIpc) is 2.70. The molecule has 6 nitrogen and oxygen atoms in total. The highest BCUT2D eigenvalue weighted by molar-refractivity contribution is 6.30. The number of hydrogen-bond donors (Lipinski definition) is 1. The number of carbonyl (C=O) groups is 2. The van der Waals surface area contributed by atoms with Gasteiger partial charge in [0.25, 0.3) is 5.91 Å². The lowest BCUT2D eigenvalue weighted by Gasteiger charge is -2.15. The van der Waals surface area contributed by atoms with Crippen molar-refractivity contribution < 1.29 is 23.8 Å². The van der Waals surface area contributed by atoms with Crippen LogP contribution in [0.2, 0.25) is 5.02 Å². The Morgan fingerprint density at radius 2 is 1.83 bits per heavy atom. The number of benzene rings is 2. The van der Waals surface area contributed by atoms with Crippen molar-refractivity contribution in [2.24, 2.45) is 5.92 Å². The zero-order chi connectivity index (χ0) is 21.4. The van der Waals surface area contributed by atoms with Crippen LogP contribution in [0.25, 0.3) is 0 Å². The van der Waals surface area contributed by atoms with Crippen LogP contribution < -0.4 is 14.8 Å². The van der Waals surface area contributed by atoms with Gasteiger partial charge >= 0.3 is 5.97 Å². The molecule has 7 heteroatoms. The van der Waals surface area contributed by atoms with Crippen molar-refractivity contribution in [2.75, 3.05) is 20.3 Å². The zero-order valence-corrected chi connectivity index (χ0v) is 17.8. The Balaban J connectivity index is 1.91. The van der Waals surface area contributed by atoms with Crippen molar-refractivity contribution in [1.29, 1.82) is 0 Å². The molecule has 0 radical (unpaired) electrons. The second-order valence-electron chi connectivity index (χ2n) is 6.99. The van der Waals surface area contributed by atoms with E-state index in [2.05, 4.69) is 5.32 Å². The van der Waals surface area contributed by atoms with Crippen LogP contribution >= 0.6 is 11.6 Å². The van der Waals surface area contributed by atoms with E-state index in [1.54, 1.807) is 24.3 Å². The Labute approximate surface area is 176 Å². The molecular formula is C22H26ClNO5. The summed E-state index contributed by atoms with van der Waals surface area (Å²) in [5, 5.41) is 3.36. The van der Waals surface area contributed by atoms with E-state index in [9.17, 15) is 9.59 Å². The smallest absolute Gasteiger partial charge is 0.338 e. The van der Waals surface area contributed by atoms with Crippen LogP contribution in [0, 0.1) is 5.92 Å². The molecule has 0 saturated heterocycles. The van der Waals surface area contributed by atoms with E-state index in [1.165, 1.54) is 13.2 Å². The average molecular weight is 420 g/mol. The van der Waals surface area contributed by atoms with Gasteiger partial charge in [0.15, 0.2) is 18.1 Å². The molecule has 0 bridgehead atoms. The second-order valence-corrected chi connectivity index (χ2v) is 7.43. The van der Waals surface area contributed by atoms with E-state index < -0.39 is 18.5 Å². The molecule has 0 fully saturated rings. The standard InChI is InChI=1S/C22H26ClNO5/c1-14(2)12-28-19-9-8-17(11-20(19)27-4)22(26)29-13-21(25)24-15(3)16-6-5-7-18(23)10-16/h5-11,14-15H,12-13H2,1-4H3,(H,24,25)/t15-/m0/s1. The van der Waals surface area contributed by atoms with E-state index in [1.807, 2.05) is 32.9 Å². The highest BCUT2D eigenvalue weighted by atomic mass is 35.5. The summed E-state index contributed by atoms with van der Waals surface area (Å²) in [6.45, 7) is 6.04. The third kappa shape index (κ3) is 6.98. The van der Waals surface area contributed by atoms with Gasteiger partial charge in [-0.2, -0.15) is 0 Å². The van der Waals surface area contributed by atoms with E-state index in [-0.39, 0.29) is 11.6 Å². The van der Waals surface area contributed by atoms with Crippen LogP contribution in [0.3, 0.4) is 0 Å². The molecule has 0 aliphatic heterocycles. The van der Waals surface area contributed by atoms with Crippen molar-refractivity contribution in [3.8, 4) is 11.5 Å². The fourth-order valence-electron chi connectivity index (χ4n) is 2.53. The molecule has 0 saturated carbocycles. The molecule has 0 spiro atoms. The molecule has 0 aliphatic carbocycles. The lowest BCUT2D eigenvalue weighted by atomic mass is 10.1. The fraction of sp³-hybridized carbons (Fsp3) is 0.364. The van der Waals surface area contributed by atoms with Gasteiger partial charge in [-0.3, -0.25) is 4.79 Å². The van der Waals surface area contributed by atoms with Crippen LogP contribution in [-0.2, 0) is 9.53 Å². The minimum atomic E-state index is -0.621. The molecule has 29 heavy (non-hydrogen) atoms. The maximum atomic E-state index is 12.3. The highest BCUT2D eigenvalue weighted by Gasteiger charge is 2.16. The fourth-order valence-corrected chi connectivity index (χ4v) is 2.73. The number of halogens is 1. The zero-order valence-electron chi connectivity index (χ0n) is 17.0. The molecule has 0 aliphatic rings. The van der Waals surface area contributed by atoms with Gasteiger partial charge in [-0.1, -0.05) is 37.6 Å². The Bertz CT molecular complexity index is 853. The molecule has 156 valence electrons. The quantitative estimate of drug-likeness (QED) is 0.609. The number of amides is 1. The van der Waals surface area contributed by atoms with Gasteiger partial charge in [-0.25, -0.2) is 4.79 Å². The number of hydrogen-bond acceptors (Lipinski definition) is 5. The first-order valence-electron chi connectivity index (χ1n) is 9.33. The second kappa shape index (κ2) is 10.7. The molecule has 2 aromatic carbocycles. The summed E-state index contributed by atoms with van der Waals surface area (Å²) in [5.41, 5.74) is 1.13. The highest BCUT2D eigenvalue weighted by Crippen LogP contribution is 2.28. The lowest BCUT2D eigenvalue weighted by molar-refractivity contribution is -0.124. The van der Waals surface area contributed by atoms with Gasteiger partial charge in [-0.05, 0) is 48.7 Å². The first-order chi connectivity index (χ1) is 13.8. The number of nitrogens with one attached hydrogen (secondary N) is 1. The van der Waals surface area contributed by atoms with Crippen LogP contribution in [0.4, 0.5) is 0 Å². The van der Waals surface area contributed by atoms with Crippen molar-refractivity contribution in [1.82, 2.24) is 5.32 Å². The molecule has 2 rings (SSSR count). The minimum absolute atomic E-state index is 0.266. The Kier molecular flexibility index (Phi) is 8.34. The van der Waals surface area contributed by atoms with E-state index in [4.69, 9.17) is 25.8 Å². The minimum Gasteiger partial charge on any atom is -0.493 e. The largest absolute Gasteiger partial charge is 0.493 e. The van der Waals surface area contributed by atoms with E-state index in [0.29, 0.717) is 29.0 Å². The molecule has 1 amide bonds. The summed E-state index contributed by atoms with van der Waals surface area (Å²) in [6, 6.07) is 11.7. The van der Waals surface area contributed by atoms with Crippen LogP contribution in [0.15, 0.2) is 42.5 Å². The first kappa shape index (κ1) is 22.6. The normalized spacial score (nSPS) is 11.7. The van der Waals surface area contributed by atoms with Gasteiger partial charge in [0.2, 0.25) is 0 Å². The Hall–Kier alpha value is -2.73. The topological polar surface area (TPSA) is 73.9 Å². The molecule has 0 aromatic heterocycles. The third-order valence-electron chi connectivity index (χ3n) is 4.03. The molecule has 2 aromatic rings. The van der Waals surface area contributed by atoms with Gasteiger partial charge in [0.05, 0.1) is 25.3 Å². The number of carbonyl (C=O) groups excluding carboxylic acids is 2. The predicted molar refractivity (Wildman–Crippen MR) is 112 cm³/mol. The van der Waals surface area contributed by atoms with Gasteiger partial charge in [0, 0.05) is 5.02 Å². The summed E-state index contributed by atoms with van der Waals surface area (Å²) in [5.74, 6) is 0.307. The van der Waals surface area contributed by atoms with Gasteiger partial charge < -0.3 is 19.5 Å². The maximum Gasteiger partial charge on any atom is 0.338 e. The van der Waals surface area contributed by atoms with Crippen LogP contribution in [0.5, 0.6) is 11.5 Å². The summed E-state index contributed by atoms with van der Waals surface area (Å²) in [6.07, 6.45) is 0. The maximum absolute atomic E-state index is 12.3. The number of rotatable bonds is 9. The predicted octanol–water partition coefficient (Wildman–Crippen LogP) is 4.42. The van der Waals surface area contributed by atoms with Crippen LogP contribution in [0.1, 0.15) is 42.7 Å². The summed E-state index contributed by atoms with van der Waals surface area (Å²) < 4.78 is 16.1. The molecular weight excluding hydrogens is 394 g/mol. The molecule has 1 atom stereocenters. The van der Waals surface area contributed by atoms with Crippen molar-refractivity contribution in [3.63, 3.8) is 0 Å². The lowest BCUT2D eigenvalue weighted by Crippen LogP contribution is -2.31. The van der Waals surface area contributed by atoms with E-state index in [0.717, 1.165) is 5.56 Å². The van der Waals surface area contributed by atoms with Crippen molar-refractivity contribution in [2.45, 2.75) is 26.8 Å². The monoisotopic (exact) mass is 419 g/mol. The first-order valence-corrected chi connectivity index (χ1v) is 9.70. The Morgan fingerprint density at radius 3 is 2.48 bits per heavy atom. The van der Waals surface area contributed by atoms with Gasteiger partial charge in [0.1, 0.15) is 0 Å². The number of ether oxygens (including phenoxy) is 3. The Morgan fingerprint density at radius 1 is 1.07 bits per heavy atom. The summed E-state index contributed by atoms with van der Waals surface area (Å²) in [4.78, 5) is 24.4. The van der Waals surface area contributed by atoms with E-state index >= 15 is 0 Å².